The predicted octanol–water partition coefficient (Wildman–Crippen LogP) is 3.46. The summed E-state index contributed by atoms with van der Waals surface area (Å²) in [5.74, 6) is -0.610. The maximum absolute atomic E-state index is 13.8. The molecule has 28 heavy (non-hydrogen) atoms. The second kappa shape index (κ2) is 6.84. The number of halogens is 2. The lowest BCUT2D eigenvalue weighted by atomic mass is 10.00. The largest absolute Gasteiger partial charge is 0.309 e. The minimum absolute atomic E-state index is 0.0374. The van der Waals surface area contributed by atoms with Crippen molar-refractivity contribution in [3.63, 3.8) is 0 Å². The Morgan fingerprint density at radius 2 is 2.00 bits per heavy atom. The number of aromatic nitrogens is 5. The summed E-state index contributed by atoms with van der Waals surface area (Å²) in [6.45, 7) is 1.63. The molecular weight excluding hydrogens is 366 g/mol. The highest BCUT2D eigenvalue weighted by Crippen LogP contribution is 2.35. The standard InChI is InChI=1S/C19H16F2N6O/c1-11-5-3-7-13(15(11)16(20)21)14-9-12-6-4-8-22-18(12)27(14)25-19(28)17-23-10-26(2)24-17/h3-10,16H,1-2H3,(H,25,28). The first-order valence-electron chi connectivity index (χ1n) is 8.47. The highest BCUT2D eigenvalue weighted by Gasteiger charge is 2.22. The molecule has 1 N–H and O–H groups in total. The van der Waals surface area contributed by atoms with E-state index in [1.54, 1.807) is 56.6 Å². The van der Waals surface area contributed by atoms with E-state index in [1.165, 1.54) is 15.7 Å². The lowest BCUT2D eigenvalue weighted by molar-refractivity contribution is 0.0998. The van der Waals surface area contributed by atoms with Crippen LogP contribution in [0.3, 0.4) is 0 Å². The molecule has 1 aromatic carbocycles. The third kappa shape index (κ3) is 3.00. The first-order chi connectivity index (χ1) is 13.5. The Balaban J connectivity index is 1.90. The number of nitrogens with zero attached hydrogens (tertiary/aromatic N) is 5. The molecule has 0 bridgehead atoms. The van der Waals surface area contributed by atoms with Gasteiger partial charge in [0.2, 0.25) is 5.82 Å². The second-order valence-corrected chi connectivity index (χ2v) is 6.30. The Hall–Kier alpha value is -3.62. The molecule has 0 atom stereocenters. The fourth-order valence-corrected chi connectivity index (χ4v) is 3.13. The topological polar surface area (TPSA) is 77.6 Å². The SMILES string of the molecule is Cc1cccc(-c2cc3cccnc3n2NC(=O)c2ncn(C)n2)c1C(F)F. The number of carbonyl (C=O) groups excluding carboxylic acids is 1. The highest BCUT2D eigenvalue weighted by atomic mass is 19.3. The van der Waals surface area contributed by atoms with Gasteiger partial charge >= 0.3 is 5.91 Å². The Kier molecular flexibility index (Phi) is 4.34. The number of hydrogen-bond donors (Lipinski definition) is 1. The summed E-state index contributed by atoms with van der Waals surface area (Å²) < 4.78 is 30.3. The van der Waals surface area contributed by atoms with E-state index in [-0.39, 0.29) is 11.4 Å². The number of carbonyl (C=O) groups is 1. The van der Waals surface area contributed by atoms with Gasteiger partial charge in [-0.1, -0.05) is 18.2 Å². The summed E-state index contributed by atoms with van der Waals surface area (Å²) in [7, 11) is 1.64. The third-order valence-electron chi connectivity index (χ3n) is 4.40. The maximum atomic E-state index is 13.8. The van der Waals surface area contributed by atoms with Crippen LogP contribution in [0, 0.1) is 6.92 Å². The minimum Gasteiger partial charge on any atom is -0.264 e. The summed E-state index contributed by atoms with van der Waals surface area (Å²) >= 11 is 0. The Bertz CT molecular complexity index is 1180. The van der Waals surface area contributed by atoms with Crippen molar-refractivity contribution in [2.45, 2.75) is 13.3 Å². The van der Waals surface area contributed by atoms with Crippen LogP contribution >= 0.6 is 0 Å². The van der Waals surface area contributed by atoms with E-state index in [0.29, 0.717) is 27.9 Å². The first-order valence-corrected chi connectivity index (χ1v) is 8.47. The molecule has 3 aromatic heterocycles. The lowest BCUT2D eigenvalue weighted by Crippen LogP contribution is -2.25. The van der Waals surface area contributed by atoms with Crippen LogP contribution < -0.4 is 5.43 Å². The van der Waals surface area contributed by atoms with E-state index in [4.69, 9.17) is 0 Å². The molecule has 0 unspecified atom stereocenters. The van der Waals surface area contributed by atoms with Crippen LogP contribution in [0.2, 0.25) is 0 Å². The minimum atomic E-state index is -2.66. The molecule has 0 aliphatic carbocycles. The van der Waals surface area contributed by atoms with Crippen molar-refractivity contribution in [3.8, 4) is 11.3 Å². The number of benzene rings is 1. The molecule has 1 amide bonds. The zero-order chi connectivity index (χ0) is 19.8. The molecule has 0 spiro atoms. The summed E-state index contributed by atoms with van der Waals surface area (Å²) in [4.78, 5) is 20.8. The fourth-order valence-electron chi connectivity index (χ4n) is 3.13. The normalized spacial score (nSPS) is 11.3. The fraction of sp³-hybridized carbons (Fsp3) is 0.158. The average molecular weight is 382 g/mol. The van der Waals surface area contributed by atoms with Gasteiger partial charge in [-0.3, -0.25) is 14.9 Å². The van der Waals surface area contributed by atoms with Gasteiger partial charge in [0.15, 0.2) is 5.65 Å². The van der Waals surface area contributed by atoms with E-state index < -0.39 is 12.3 Å². The molecule has 0 radical (unpaired) electrons. The molecule has 9 heteroatoms. The van der Waals surface area contributed by atoms with Gasteiger partial charge in [0, 0.05) is 29.8 Å². The zero-order valence-corrected chi connectivity index (χ0v) is 15.1. The quantitative estimate of drug-likeness (QED) is 0.586. The van der Waals surface area contributed by atoms with Gasteiger partial charge in [-0.15, -0.1) is 5.10 Å². The number of rotatable bonds is 4. The van der Waals surface area contributed by atoms with Gasteiger partial charge in [-0.05, 0) is 30.7 Å². The van der Waals surface area contributed by atoms with Crippen LogP contribution in [0.4, 0.5) is 8.78 Å². The van der Waals surface area contributed by atoms with Gasteiger partial charge in [0.05, 0.1) is 5.69 Å². The van der Waals surface area contributed by atoms with Crippen LogP contribution in [-0.2, 0) is 7.05 Å². The zero-order valence-electron chi connectivity index (χ0n) is 15.1. The van der Waals surface area contributed by atoms with Crippen LogP contribution in [-0.4, -0.2) is 30.3 Å². The Morgan fingerprint density at radius 1 is 1.18 bits per heavy atom. The molecule has 7 nitrogen and oxygen atoms in total. The Morgan fingerprint density at radius 3 is 2.71 bits per heavy atom. The van der Waals surface area contributed by atoms with Gasteiger partial charge in [0.25, 0.3) is 6.43 Å². The van der Waals surface area contributed by atoms with Crippen molar-refractivity contribution in [2.75, 3.05) is 5.43 Å². The number of fused-ring (bicyclic) bond motifs is 1. The van der Waals surface area contributed by atoms with Crippen LogP contribution in [0.1, 0.15) is 28.2 Å². The number of hydrogen-bond acceptors (Lipinski definition) is 4. The van der Waals surface area contributed by atoms with Crippen molar-refractivity contribution in [3.05, 3.63) is 65.9 Å². The smallest absolute Gasteiger partial charge is 0.264 e. The van der Waals surface area contributed by atoms with Gasteiger partial charge in [-0.25, -0.2) is 23.4 Å². The average Bonchev–Trinajstić information content (AvgIpc) is 3.25. The lowest BCUT2D eigenvalue weighted by Gasteiger charge is -2.15. The van der Waals surface area contributed by atoms with E-state index in [9.17, 15) is 13.6 Å². The molecular formula is C19H16F2N6O. The van der Waals surface area contributed by atoms with Crippen LogP contribution in [0.25, 0.3) is 22.3 Å². The Labute approximate surface area is 158 Å². The van der Waals surface area contributed by atoms with Gasteiger partial charge < -0.3 is 0 Å². The first kappa shape index (κ1) is 17.8. The van der Waals surface area contributed by atoms with Crippen molar-refractivity contribution < 1.29 is 13.6 Å². The number of nitrogens with one attached hydrogen (secondary N) is 1. The molecule has 3 heterocycles. The summed E-state index contributed by atoms with van der Waals surface area (Å²) in [6.07, 6.45) is 0.304. The third-order valence-corrected chi connectivity index (χ3v) is 4.40. The number of aryl methyl sites for hydroxylation is 2. The van der Waals surface area contributed by atoms with E-state index >= 15 is 0 Å². The summed E-state index contributed by atoms with van der Waals surface area (Å²) in [5, 5.41) is 4.68. The second-order valence-electron chi connectivity index (χ2n) is 6.30. The molecule has 0 aliphatic heterocycles. The molecule has 4 rings (SSSR count). The maximum Gasteiger partial charge on any atom is 0.309 e. The van der Waals surface area contributed by atoms with Crippen LogP contribution in [0.15, 0.2) is 48.9 Å². The molecule has 142 valence electrons. The predicted molar refractivity (Wildman–Crippen MR) is 99.6 cm³/mol. The number of pyridine rings is 1. The number of amides is 1. The summed E-state index contributed by atoms with van der Waals surface area (Å²) in [5.41, 5.74) is 4.22. The van der Waals surface area contributed by atoms with Crippen molar-refractivity contribution in [1.82, 2.24) is 24.4 Å². The van der Waals surface area contributed by atoms with E-state index in [1.807, 2.05) is 0 Å². The molecule has 0 saturated heterocycles. The summed E-state index contributed by atoms with van der Waals surface area (Å²) in [6, 6.07) is 10.2. The molecule has 4 aromatic rings. The van der Waals surface area contributed by atoms with E-state index in [0.717, 1.165) is 0 Å². The highest BCUT2D eigenvalue weighted by molar-refractivity contribution is 5.99. The molecule has 0 aliphatic rings. The monoisotopic (exact) mass is 382 g/mol. The molecule has 0 fully saturated rings. The van der Waals surface area contributed by atoms with Crippen molar-refractivity contribution in [1.29, 1.82) is 0 Å². The van der Waals surface area contributed by atoms with Crippen LogP contribution in [0.5, 0.6) is 0 Å². The van der Waals surface area contributed by atoms with Gasteiger partial charge in [-0.2, -0.15) is 0 Å². The number of alkyl halides is 2. The van der Waals surface area contributed by atoms with Gasteiger partial charge in [0.1, 0.15) is 6.33 Å². The van der Waals surface area contributed by atoms with Crippen molar-refractivity contribution >= 4 is 16.9 Å². The molecule has 0 saturated carbocycles. The van der Waals surface area contributed by atoms with E-state index in [2.05, 4.69) is 20.5 Å². The van der Waals surface area contributed by atoms with Crippen molar-refractivity contribution in [2.24, 2.45) is 7.05 Å².